The van der Waals surface area contributed by atoms with Crippen LogP contribution in [0.1, 0.15) is 19.4 Å². The van der Waals surface area contributed by atoms with Gasteiger partial charge in [0, 0.05) is 17.1 Å². The second-order valence-electron chi connectivity index (χ2n) is 3.51. The van der Waals surface area contributed by atoms with Crippen molar-refractivity contribution >= 4 is 11.6 Å². The predicted molar refractivity (Wildman–Crippen MR) is 64.3 cm³/mol. The van der Waals surface area contributed by atoms with Gasteiger partial charge < -0.3 is 10.5 Å². The molecule has 0 aliphatic carbocycles. The largest absolute Gasteiger partial charge is 0.489 e. The average Bonchev–Trinajstić information content (AvgIpc) is 2.17. The zero-order valence-corrected chi connectivity index (χ0v) is 9.84. The fraction of sp³-hybridized carbons (Fsp3) is 0.333. The maximum atomic E-state index is 6.00. The third-order valence-electron chi connectivity index (χ3n) is 2.01. The van der Waals surface area contributed by atoms with E-state index in [-0.39, 0.29) is 0 Å². The Kier molecular flexibility index (Phi) is 4.66. The smallest absolute Gasteiger partial charge is 0.125 e. The van der Waals surface area contributed by atoms with Gasteiger partial charge >= 0.3 is 0 Å². The Morgan fingerprint density at radius 3 is 2.80 bits per heavy atom. The molecule has 0 saturated carbocycles. The van der Waals surface area contributed by atoms with Crippen molar-refractivity contribution in [3.8, 4) is 5.75 Å². The first kappa shape index (κ1) is 12.1. The summed E-state index contributed by atoms with van der Waals surface area (Å²) in [4.78, 5) is 0. The molecule has 1 rings (SSSR count). The average molecular weight is 226 g/mol. The Balaban J connectivity index is 2.76. The van der Waals surface area contributed by atoms with E-state index in [1.165, 1.54) is 5.57 Å². The molecule has 1 aromatic rings. The van der Waals surface area contributed by atoms with Gasteiger partial charge in [-0.2, -0.15) is 0 Å². The molecule has 0 amide bonds. The number of hydrogen-bond donors (Lipinski definition) is 1. The molecule has 0 atom stereocenters. The molecule has 2 nitrogen and oxygen atoms in total. The van der Waals surface area contributed by atoms with Gasteiger partial charge in [0.15, 0.2) is 0 Å². The topological polar surface area (TPSA) is 35.2 Å². The molecule has 0 radical (unpaired) electrons. The maximum absolute atomic E-state index is 6.00. The zero-order chi connectivity index (χ0) is 11.3. The molecule has 1 aromatic carbocycles. The molecule has 82 valence electrons. The SMILES string of the molecule is CC(C)=CCOc1cccc(Cl)c1CN. The number of benzene rings is 1. The number of halogens is 1. The van der Waals surface area contributed by atoms with Gasteiger partial charge in [-0.25, -0.2) is 0 Å². The van der Waals surface area contributed by atoms with Gasteiger partial charge in [-0.05, 0) is 32.1 Å². The summed E-state index contributed by atoms with van der Waals surface area (Å²) in [7, 11) is 0. The Bertz CT molecular complexity index is 357. The number of allylic oxidation sites excluding steroid dienone is 1. The molecule has 0 unspecified atom stereocenters. The minimum Gasteiger partial charge on any atom is -0.489 e. The van der Waals surface area contributed by atoms with Crippen LogP contribution in [-0.2, 0) is 6.54 Å². The standard InChI is InChI=1S/C12H16ClNO/c1-9(2)6-7-15-12-5-3-4-11(13)10(12)8-14/h3-6H,7-8,14H2,1-2H3. The van der Waals surface area contributed by atoms with Crippen molar-refractivity contribution in [3.63, 3.8) is 0 Å². The molecule has 0 bridgehead atoms. The van der Waals surface area contributed by atoms with Crippen molar-refractivity contribution in [2.45, 2.75) is 20.4 Å². The highest BCUT2D eigenvalue weighted by Gasteiger charge is 2.05. The summed E-state index contributed by atoms with van der Waals surface area (Å²) in [6.45, 7) is 5.01. The Labute approximate surface area is 95.7 Å². The van der Waals surface area contributed by atoms with Crippen molar-refractivity contribution < 1.29 is 4.74 Å². The molecule has 15 heavy (non-hydrogen) atoms. The van der Waals surface area contributed by atoms with E-state index < -0.39 is 0 Å². The third-order valence-corrected chi connectivity index (χ3v) is 2.36. The molecule has 0 saturated heterocycles. The summed E-state index contributed by atoms with van der Waals surface area (Å²) in [6.07, 6.45) is 2.02. The van der Waals surface area contributed by atoms with Gasteiger partial charge in [0.2, 0.25) is 0 Å². The monoisotopic (exact) mass is 225 g/mol. The summed E-state index contributed by atoms with van der Waals surface area (Å²) < 4.78 is 5.58. The van der Waals surface area contributed by atoms with E-state index in [1.807, 2.05) is 38.1 Å². The van der Waals surface area contributed by atoms with E-state index in [0.29, 0.717) is 18.2 Å². The van der Waals surface area contributed by atoms with Crippen LogP contribution in [0.25, 0.3) is 0 Å². The molecule has 0 aliphatic heterocycles. The molecule has 0 fully saturated rings. The summed E-state index contributed by atoms with van der Waals surface area (Å²) >= 11 is 6.00. The van der Waals surface area contributed by atoms with Crippen LogP contribution in [0.3, 0.4) is 0 Å². The van der Waals surface area contributed by atoms with Gasteiger partial charge in [0.25, 0.3) is 0 Å². The van der Waals surface area contributed by atoms with E-state index in [2.05, 4.69) is 0 Å². The summed E-state index contributed by atoms with van der Waals surface area (Å²) in [5.74, 6) is 0.766. The fourth-order valence-electron chi connectivity index (χ4n) is 1.17. The minimum absolute atomic E-state index is 0.393. The van der Waals surface area contributed by atoms with E-state index in [1.54, 1.807) is 0 Å². The molecule has 0 spiro atoms. The lowest BCUT2D eigenvalue weighted by Gasteiger charge is -2.10. The highest BCUT2D eigenvalue weighted by molar-refractivity contribution is 6.31. The third kappa shape index (κ3) is 3.57. The normalized spacial score (nSPS) is 9.87. The first-order valence-electron chi connectivity index (χ1n) is 4.88. The van der Waals surface area contributed by atoms with E-state index in [0.717, 1.165) is 11.3 Å². The highest BCUT2D eigenvalue weighted by Crippen LogP contribution is 2.25. The van der Waals surface area contributed by atoms with Crippen molar-refractivity contribution in [1.82, 2.24) is 0 Å². The molecule has 3 heteroatoms. The predicted octanol–water partition coefficient (Wildman–Crippen LogP) is 3.14. The van der Waals surface area contributed by atoms with Crippen molar-refractivity contribution in [2.75, 3.05) is 6.61 Å². The summed E-state index contributed by atoms with van der Waals surface area (Å²) in [5, 5.41) is 0.659. The Morgan fingerprint density at radius 1 is 1.47 bits per heavy atom. The second kappa shape index (κ2) is 5.79. The second-order valence-corrected chi connectivity index (χ2v) is 3.92. The molecule has 0 aliphatic rings. The summed E-state index contributed by atoms with van der Waals surface area (Å²) in [6, 6.07) is 5.56. The highest BCUT2D eigenvalue weighted by atomic mass is 35.5. The quantitative estimate of drug-likeness (QED) is 0.799. The van der Waals surface area contributed by atoms with Crippen LogP contribution in [0.5, 0.6) is 5.75 Å². The molecular weight excluding hydrogens is 210 g/mol. The van der Waals surface area contributed by atoms with Gasteiger partial charge in [-0.15, -0.1) is 0 Å². The first-order valence-corrected chi connectivity index (χ1v) is 5.26. The minimum atomic E-state index is 0.393. The van der Waals surface area contributed by atoms with Gasteiger partial charge in [0.1, 0.15) is 12.4 Å². The van der Waals surface area contributed by atoms with Gasteiger partial charge in [-0.1, -0.05) is 23.2 Å². The molecule has 0 aromatic heterocycles. The number of rotatable bonds is 4. The number of hydrogen-bond acceptors (Lipinski definition) is 2. The molecule has 2 N–H and O–H groups in total. The van der Waals surface area contributed by atoms with Crippen LogP contribution in [-0.4, -0.2) is 6.61 Å². The number of ether oxygens (including phenoxy) is 1. The van der Waals surface area contributed by atoms with Crippen LogP contribution >= 0.6 is 11.6 Å². The summed E-state index contributed by atoms with van der Waals surface area (Å²) in [5.41, 5.74) is 7.69. The van der Waals surface area contributed by atoms with Crippen LogP contribution in [0, 0.1) is 0 Å². The van der Waals surface area contributed by atoms with Gasteiger partial charge in [-0.3, -0.25) is 0 Å². The zero-order valence-electron chi connectivity index (χ0n) is 9.09. The van der Waals surface area contributed by atoms with Crippen molar-refractivity contribution in [1.29, 1.82) is 0 Å². The lowest BCUT2D eigenvalue weighted by molar-refractivity contribution is 0.358. The number of nitrogens with two attached hydrogens (primary N) is 1. The van der Waals surface area contributed by atoms with E-state index in [9.17, 15) is 0 Å². The van der Waals surface area contributed by atoms with Crippen LogP contribution in [0.2, 0.25) is 5.02 Å². The van der Waals surface area contributed by atoms with Crippen LogP contribution in [0.4, 0.5) is 0 Å². The van der Waals surface area contributed by atoms with E-state index >= 15 is 0 Å². The van der Waals surface area contributed by atoms with Crippen molar-refractivity contribution in [2.24, 2.45) is 5.73 Å². The molecular formula is C12H16ClNO. The van der Waals surface area contributed by atoms with Crippen molar-refractivity contribution in [3.05, 3.63) is 40.4 Å². The fourth-order valence-corrected chi connectivity index (χ4v) is 1.41. The Hall–Kier alpha value is -0.990. The maximum Gasteiger partial charge on any atom is 0.125 e. The van der Waals surface area contributed by atoms with E-state index in [4.69, 9.17) is 22.1 Å². The van der Waals surface area contributed by atoms with Gasteiger partial charge in [0.05, 0.1) is 0 Å². The lowest BCUT2D eigenvalue weighted by atomic mass is 10.2. The first-order chi connectivity index (χ1) is 7.15. The lowest BCUT2D eigenvalue weighted by Crippen LogP contribution is -2.03. The molecule has 0 heterocycles. The van der Waals surface area contributed by atoms with Crippen LogP contribution < -0.4 is 10.5 Å². The van der Waals surface area contributed by atoms with Crippen LogP contribution in [0.15, 0.2) is 29.8 Å². The Morgan fingerprint density at radius 2 is 2.20 bits per heavy atom.